The van der Waals surface area contributed by atoms with Crippen LogP contribution in [0.2, 0.25) is 0 Å². The molecule has 26 heavy (non-hydrogen) atoms. The van der Waals surface area contributed by atoms with Crippen molar-refractivity contribution in [3.63, 3.8) is 0 Å². The number of likely N-dealkylation sites (N-methyl/N-ethyl adjacent to an activating group) is 1. The first-order valence-corrected chi connectivity index (χ1v) is 8.49. The summed E-state index contributed by atoms with van der Waals surface area (Å²) in [5, 5.41) is 3.11. The number of benzene rings is 2. The van der Waals surface area contributed by atoms with Crippen LogP contribution in [-0.4, -0.2) is 38.6 Å². The van der Waals surface area contributed by atoms with Gasteiger partial charge in [-0.25, -0.2) is 0 Å². The molecule has 1 unspecified atom stereocenters. The topological polar surface area (TPSA) is 62.9 Å². The first-order chi connectivity index (χ1) is 12.0. The maximum Gasteiger partial charge on any atom is 0.193 e. The molecule has 0 aliphatic heterocycles. The van der Waals surface area contributed by atoms with Gasteiger partial charge < -0.3 is 20.7 Å². The molecule has 0 aromatic heterocycles. The van der Waals surface area contributed by atoms with E-state index in [4.69, 9.17) is 10.5 Å². The summed E-state index contributed by atoms with van der Waals surface area (Å²) in [5.41, 5.74) is 9.50. The first kappa shape index (κ1) is 22.2. The van der Waals surface area contributed by atoms with Crippen LogP contribution in [0.1, 0.15) is 24.1 Å². The molecule has 6 heteroatoms. The number of methoxy groups -OCH3 is 1. The maximum absolute atomic E-state index is 6.04. The second kappa shape index (κ2) is 11.0. The smallest absolute Gasteiger partial charge is 0.193 e. The molecule has 0 heterocycles. The number of guanidine groups is 1. The molecule has 2 aromatic rings. The van der Waals surface area contributed by atoms with Crippen LogP contribution in [0.25, 0.3) is 0 Å². The number of ether oxygens (including phenoxy) is 1. The molecule has 0 bridgehead atoms. The zero-order chi connectivity index (χ0) is 18.2. The van der Waals surface area contributed by atoms with Crippen molar-refractivity contribution < 1.29 is 4.74 Å². The molecule has 0 radical (unpaired) electrons. The molecule has 0 aliphatic carbocycles. The number of halogens is 1. The van der Waals surface area contributed by atoms with E-state index < -0.39 is 0 Å². The van der Waals surface area contributed by atoms with Gasteiger partial charge in [0, 0.05) is 5.69 Å². The normalized spacial score (nSPS) is 12.4. The van der Waals surface area contributed by atoms with Crippen molar-refractivity contribution in [1.29, 1.82) is 0 Å². The van der Waals surface area contributed by atoms with E-state index in [1.807, 2.05) is 24.3 Å². The number of hydrogen-bond donors (Lipinski definition) is 2. The Morgan fingerprint density at radius 2 is 1.73 bits per heavy atom. The second-order valence-electron chi connectivity index (χ2n) is 6.15. The van der Waals surface area contributed by atoms with Gasteiger partial charge in [0.25, 0.3) is 0 Å². The van der Waals surface area contributed by atoms with Gasteiger partial charge in [0.2, 0.25) is 0 Å². The zero-order valence-electron chi connectivity index (χ0n) is 15.9. The van der Waals surface area contributed by atoms with Crippen LogP contribution in [0.3, 0.4) is 0 Å². The molecule has 0 spiro atoms. The fourth-order valence-corrected chi connectivity index (χ4v) is 2.59. The highest BCUT2D eigenvalue weighted by molar-refractivity contribution is 14.0. The van der Waals surface area contributed by atoms with Crippen molar-refractivity contribution in [3.05, 3.63) is 59.7 Å². The van der Waals surface area contributed by atoms with Gasteiger partial charge in [-0.2, -0.15) is 0 Å². The quantitative estimate of drug-likeness (QED) is 0.368. The minimum atomic E-state index is 0. The molecule has 2 aromatic carbocycles. The van der Waals surface area contributed by atoms with Crippen molar-refractivity contribution in [1.82, 2.24) is 4.90 Å². The summed E-state index contributed by atoms with van der Waals surface area (Å²) in [5.74, 6) is 1.21. The first-order valence-electron chi connectivity index (χ1n) is 8.49. The molecule has 0 amide bonds. The van der Waals surface area contributed by atoms with Gasteiger partial charge in [-0.3, -0.25) is 4.99 Å². The number of hydrogen-bond acceptors (Lipinski definition) is 3. The highest BCUT2D eigenvalue weighted by Crippen LogP contribution is 2.20. The molecule has 0 saturated heterocycles. The molecule has 0 saturated carbocycles. The van der Waals surface area contributed by atoms with Gasteiger partial charge in [-0.05, 0) is 55.9 Å². The number of aliphatic imine (C=N–C) groups is 1. The summed E-state index contributed by atoms with van der Waals surface area (Å²) in [6.45, 7) is 2.75. The third kappa shape index (κ3) is 6.49. The Morgan fingerprint density at radius 1 is 1.12 bits per heavy atom. The molecule has 2 rings (SSSR count). The third-order valence-corrected chi connectivity index (χ3v) is 4.19. The third-order valence-electron chi connectivity index (χ3n) is 4.19. The zero-order valence-corrected chi connectivity index (χ0v) is 18.2. The Labute approximate surface area is 173 Å². The summed E-state index contributed by atoms with van der Waals surface area (Å²) >= 11 is 0. The van der Waals surface area contributed by atoms with Gasteiger partial charge >= 0.3 is 0 Å². The van der Waals surface area contributed by atoms with Crippen molar-refractivity contribution in [2.75, 3.05) is 33.1 Å². The van der Waals surface area contributed by atoms with Crippen LogP contribution in [0.4, 0.5) is 5.69 Å². The monoisotopic (exact) mass is 468 g/mol. The van der Waals surface area contributed by atoms with Crippen LogP contribution in [-0.2, 0) is 6.42 Å². The molecular weight excluding hydrogens is 439 g/mol. The lowest BCUT2D eigenvalue weighted by atomic mass is 10.0. The van der Waals surface area contributed by atoms with Gasteiger partial charge in [0.05, 0.1) is 19.7 Å². The molecule has 0 aliphatic rings. The van der Waals surface area contributed by atoms with E-state index in [1.54, 1.807) is 7.11 Å². The second-order valence-corrected chi connectivity index (χ2v) is 6.15. The predicted octanol–water partition coefficient (Wildman–Crippen LogP) is 3.91. The lowest BCUT2D eigenvalue weighted by Crippen LogP contribution is -2.27. The van der Waals surface area contributed by atoms with Crippen LogP contribution in [0.5, 0.6) is 5.75 Å². The molecule has 1 atom stereocenters. The van der Waals surface area contributed by atoms with Crippen LogP contribution < -0.4 is 15.8 Å². The molecule has 5 nitrogen and oxygen atoms in total. The minimum Gasteiger partial charge on any atom is -0.497 e. The van der Waals surface area contributed by atoms with E-state index in [2.05, 4.69) is 60.5 Å². The van der Waals surface area contributed by atoms with Crippen molar-refractivity contribution in [2.45, 2.75) is 19.4 Å². The summed E-state index contributed by atoms with van der Waals surface area (Å²) in [6.07, 6.45) is 1.05. The van der Waals surface area contributed by atoms with Gasteiger partial charge in [0.15, 0.2) is 5.96 Å². The maximum atomic E-state index is 6.04. The molecule has 142 valence electrons. The largest absolute Gasteiger partial charge is 0.497 e. The minimum absolute atomic E-state index is 0. The van der Waals surface area contributed by atoms with Crippen molar-refractivity contribution in [3.8, 4) is 5.75 Å². The average molecular weight is 468 g/mol. The van der Waals surface area contributed by atoms with Crippen LogP contribution in [0, 0.1) is 0 Å². The summed E-state index contributed by atoms with van der Waals surface area (Å²) in [4.78, 5) is 6.67. The molecule has 3 N–H and O–H groups in total. The summed E-state index contributed by atoms with van der Waals surface area (Å²) in [6, 6.07) is 16.5. The Bertz CT molecular complexity index is 684. The highest BCUT2D eigenvalue weighted by atomic mass is 127. The van der Waals surface area contributed by atoms with Crippen molar-refractivity contribution >= 4 is 35.6 Å². The lowest BCUT2D eigenvalue weighted by molar-refractivity contribution is 0.306. The SMILES string of the molecule is CCc1ccc(C(CN=C(N)Nc2ccc(OC)cc2)N(C)C)cc1.I. The van der Waals surface area contributed by atoms with E-state index in [1.165, 1.54) is 11.1 Å². The summed E-state index contributed by atoms with van der Waals surface area (Å²) in [7, 11) is 5.76. The average Bonchev–Trinajstić information content (AvgIpc) is 2.62. The Hall–Kier alpha value is -1.80. The van der Waals surface area contributed by atoms with Crippen LogP contribution >= 0.6 is 24.0 Å². The number of nitrogens with one attached hydrogen (secondary N) is 1. The predicted molar refractivity (Wildman–Crippen MR) is 121 cm³/mol. The van der Waals surface area contributed by atoms with Gasteiger partial charge in [-0.1, -0.05) is 31.2 Å². The Morgan fingerprint density at radius 3 is 2.23 bits per heavy atom. The number of aryl methyl sites for hydroxylation is 1. The lowest BCUT2D eigenvalue weighted by Gasteiger charge is -2.23. The summed E-state index contributed by atoms with van der Waals surface area (Å²) < 4.78 is 5.15. The van der Waals surface area contributed by atoms with Crippen molar-refractivity contribution in [2.24, 2.45) is 10.7 Å². The fraction of sp³-hybridized carbons (Fsp3) is 0.350. The Balaban J connectivity index is 0.00000338. The van der Waals surface area contributed by atoms with E-state index in [-0.39, 0.29) is 30.0 Å². The number of nitrogens with zero attached hydrogens (tertiary/aromatic N) is 2. The number of nitrogens with two attached hydrogens (primary N) is 1. The standard InChI is InChI=1S/C20H28N4O.HI/c1-5-15-6-8-16(9-7-15)19(24(2)3)14-22-20(21)23-17-10-12-18(25-4)13-11-17;/h6-13,19H,5,14H2,1-4H3,(H3,21,22,23);1H. The fourth-order valence-electron chi connectivity index (χ4n) is 2.59. The van der Waals surface area contributed by atoms with Gasteiger partial charge in [-0.15, -0.1) is 24.0 Å². The number of rotatable bonds is 7. The van der Waals surface area contributed by atoms with E-state index in [0.29, 0.717) is 12.5 Å². The molecule has 0 fully saturated rings. The number of anilines is 1. The Kier molecular flexibility index (Phi) is 9.43. The van der Waals surface area contributed by atoms with Crippen LogP contribution in [0.15, 0.2) is 53.5 Å². The highest BCUT2D eigenvalue weighted by Gasteiger charge is 2.13. The van der Waals surface area contributed by atoms with E-state index in [0.717, 1.165) is 17.9 Å². The molecular formula is C20H29IN4O. The van der Waals surface area contributed by atoms with E-state index >= 15 is 0 Å². The van der Waals surface area contributed by atoms with Gasteiger partial charge in [0.1, 0.15) is 5.75 Å². The van der Waals surface area contributed by atoms with E-state index in [9.17, 15) is 0 Å².